The van der Waals surface area contributed by atoms with Crippen LogP contribution in [0, 0.1) is 0 Å². The largest absolute Gasteiger partial charge is 0.399 e. The van der Waals surface area contributed by atoms with Crippen LogP contribution >= 0.6 is 0 Å². The van der Waals surface area contributed by atoms with Gasteiger partial charge in [0.25, 0.3) is 0 Å². The van der Waals surface area contributed by atoms with Gasteiger partial charge < -0.3 is 5.73 Å². The van der Waals surface area contributed by atoms with Gasteiger partial charge in [-0.1, -0.05) is 31.2 Å². The van der Waals surface area contributed by atoms with E-state index in [0.29, 0.717) is 0 Å². The minimum atomic E-state index is 0.834. The highest BCUT2D eigenvalue weighted by molar-refractivity contribution is 5.88. The lowest BCUT2D eigenvalue weighted by molar-refractivity contribution is 1.16. The molecule has 0 aliphatic heterocycles. The van der Waals surface area contributed by atoms with Gasteiger partial charge in [-0.2, -0.15) is 0 Å². The molecule has 66 valence electrons. The molecule has 2 aromatic carbocycles. The molecule has 0 heterocycles. The van der Waals surface area contributed by atoms with Crippen molar-refractivity contribution in [1.82, 2.24) is 0 Å². The summed E-state index contributed by atoms with van der Waals surface area (Å²) in [5, 5.41) is 2.55. The van der Waals surface area contributed by atoms with E-state index in [4.69, 9.17) is 5.73 Å². The molecule has 0 saturated heterocycles. The first-order valence-electron chi connectivity index (χ1n) is 4.58. The van der Waals surface area contributed by atoms with E-state index in [0.717, 1.165) is 12.1 Å². The Kier molecular flexibility index (Phi) is 1.93. The van der Waals surface area contributed by atoms with E-state index in [2.05, 4.69) is 31.2 Å². The minimum Gasteiger partial charge on any atom is -0.399 e. The topological polar surface area (TPSA) is 26.0 Å². The van der Waals surface area contributed by atoms with Crippen LogP contribution < -0.4 is 5.73 Å². The molecule has 0 amide bonds. The summed E-state index contributed by atoms with van der Waals surface area (Å²) in [5.74, 6) is 0. The molecule has 0 unspecified atom stereocenters. The molecule has 0 fully saturated rings. The summed E-state index contributed by atoms with van der Waals surface area (Å²) in [6, 6.07) is 12.4. The number of hydrogen-bond acceptors (Lipinski definition) is 1. The molecule has 0 aromatic heterocycles. The smallest absolute Gasteiger partial charge is 0.0320 e. The van der Waals surface area contributed by atoms with Gasteiger partial charge in [-0.05, 0) is 34.9 Å². The quantitative estimate of drug-likeness (QED) is 0.656. The monoisotopic (exact) mass is 171 g/mol. The van der Waals surface area contributed by atoms with E-state index in [1.165, 1.54) is 16.3 Å². The number of rotatable bonds is 1. The maximum atomic E-state index is 5.72. The summed E-state index contributed by atoms with van der Waals surface area (Å²) >= 11 is 0. The molecule has 2 aromatic rings. The fourth-order valence-corrected chi connectivity index (χ4v) is 1.68. The lowest BCUT2D eigenvalue weighted by atomic mass is 10.0. The highest BCUT2D eigenvalue weighted by atomic mass is 14.5. The van der Waals surface area contributed by atoms with Crippen molar-refractivity contribution in [3.8, 4) is 0 Å². The molecule has 0 aliphatic carbocycles. The van der Waals surface area contributed by atoms with Crippen LogP contribution in [0.3, 0.4) is 0 Å². The highest BCUT2D eigenvalue weighted by Gasteiger charge is 1.97. The first-order chi connectivity index (χ1) is 6.31. The summed E-state index contributed by atoms with van der Waals surface area (Å²) in [7, 11) is 0. The van der Waals surface area contributed by atoms with Gasteiger partial charge in [0.2, 0.25) is 0 Å². The van der Waals surface area contributed by atoms with E-state index >= 15 is 0 Å². The average molecular weight is 171 g/mol. The molecule has 2 N–H and O–H groups in total. The first kappa shape index (κ1) is 8.11. The van der Waals surface area contributed by atoms with Crippen molar-refractivity contribution in [1.29, 1.82) is 0 Å². The molecule has 2 rings (SSSR count). The molecular weight excluding hydrogens is 158 g/mol. The van der Waals surface area contributed by atoms with Crippen LogP contribution in [-0.2, 0) is 6.42 Å². The Labute approximate surface area is 78.2 Å². The second kappa shape index (κ2) is 3.09. The van der Waals surface area contributed by atoms with Crippen molar-refractivity contribution >= 4 is 16.5 Å². The van der Waals surface area contributed by atoms with Crippen LogP contribution in [0.4, 0.5) is 5.69 Å². The fourth-order valence-electron chi connectivity index (χ4n) is 1.68. The Bertz CT molecular complexity index is 432. The number of nitrogen functional groups attached to an aromatic ring is 1. The van der Waals surface area contributed by atoms with Gasteiger partial charge in [0, 0.05) is 5.69 Å². The van der Waals surface area contributed by atoms with Crippen LogP contribution in [0.5, 0.6) is 0 Å². The summed E-state index contributed by atoms with van der Waals surface area (Å²) < 4.78 is 0. The van der Waals surface area contributed by atoms with Crippen molar-refractivity contribution < 1.29 is 0 Å². The van der Waals surface area contributed by atoms with Crippen LogP contribution in [0.1, 0.15) is 12.5 Å². The second-order valence-electron chi connectivity index (χ2n) is 3.25. The number of aryl methyl sites for hydroxylation is 1. The van der Waals surface area contributed by atoms with E-state index in [-0.39, 0.29) is 0 Å². The molecule has 0 bridgehead atoms. The van der Waals surface area contributed by atoms with E-state index < -0.39 is 0 Å². The zero-order valence-electron chi connectivity index (χ0n) is 7.75. The van der Waals surface area contributed by atoms with Gasteiger partial charge >= 0.3 is 0 Å². The third-order valence-corrected chi connectivity index (χ3v) is 2.38. The van der Waals surface area contributed by atoms with Gasteiger partial charge in [0.15, 0.2) is 0 Å². The molecule has 0 spiro atoms. The van der Waals surface area contributed by atoms with Crippen LogP contribution in [-0.4, -0.2) is 0 Å². The third-order valence-electron chi connectivity index (χ3n) is 2.38. The molecule has 13 heavy (non-hydrogen) atoms. The number of anilines is 1. The Morgan fingerprint density at radius 2 is 2.00 bits per heavy atom. The Morgan fingerprint density at radius 1 is 1.15 bits per heavy atom. The highest BCUT2D eigenvalue weighted by Crippen LogP contribution is 2.21. The molecule has 1 nitrogen and oxygen atoms in total. The van der Waals surface area contributed by atoms with Crippen molar-refractivity contribution in [2.75, 3.05) is 5.73 Å². The fraction of sp³-hybridized carbons (Fsp3) is 0.167. The molecule has 0 aliphatic rings. The van der Waals surface area contributed by atoms with Gasteiger partial charge in [0.1, 0.15) is 0 Å². The lowest BCUT2D eigenvalue weighted by Crippen LogP contribution is -1.86. The SMILES string of the molecule is CCc1cccc2cc(N)ccc12. The standard InChI is InChI=1S/C12H13N/c1-2-9-4-3-5-10-8-11(13)6-7-12(9)10/h3-8H,2,13H2,1H3. The van der Waals surface area contributed by atoms with Crippen molar-refractivity contribution in [3.05, 3.63) is 42.0 Å². The molecule has 0 radical (unpaired) electrons. The number of fused-ring (bicyclic) bond motifs is 1. The first-order valence-corrected chi connectivity index (χ1v) is 4.58. The maximum absolute atomic E-state index is 5.72. The summed E-state index contributed by atoms with van der Waals surface area (Å²) in [4.78, 5) is 0. The number of benzene rings is 2. The minimum absolute atomic E-state index is 0.834. The van der Waals surface area contributed by atoms with E-state index in [1.54, 1.807) is 0 Å². The summed E-state index contributed by atoms with van der Waals surface area (Å²) in [5.41, 5.74) is 7.94. The van der Waals surface area contributed by atoms with Crippen molar-refractivity contribution in [3.63, 3.8) is 0 Å². The molecular formula is C12H13N. The average Bonchev–Trinajstić information content (AvgIpc) is 2.16. The summed E-state index contributed by atoms with van der Waals surface area (Å²) in [6.07, 6.45) is 1.07. The van der Waals surface area contributed by atoms with Gasteiger partial charge in [-0.25, -0.2) is 0 Å². The second-order valence-corrected chi connectivity index (χ2v) is 3.25. The Morgan fingerprint density at radius 3 is 2.77 bits per heavy atom. The Balaban J connectivity index is 2.77. The van der Waals surface area contributed by atoms with Crippen LogP contribution in [0.15, 0.2) is 36.4 Å². The van der Waals surface area contributed by atoms with Crippen LogP contribution in [0.25, 0.3) is 10.8 Å². The Hall–Kier alpha value is -1.50. The van der Waals surface area contributed by atoms with Gasteiger partial charge in [0.05, 0.1) is 0 Å². The predicted octanol–water partition coefficient (Wildman–Crippen LogP) is 2.98. The van der Waals surface area contributed by atoms with Crippen molar-refractivity contribution in [2.45, 2.75) is 13.3 Å². The molecule has 0 saturated carbocycles. The predicted molar refractivity (Wildman–Crippen MR) is 57.7 cm³/mol. The normalized spacial score (nSPS) is 10.5. The number of nitrogens with two attached hydrogens (primary N) is 1. The van der Waals surface area contributed by atoms with E-state index in [9.17, 15) is 0 Å². The zero-order valence-corrected chi connectivity index (χ0v) is 7.75. The molecule has 0 atom stereocenters. The van der Waals surface area contributed by atoms with Crippen LogP contribution in [0.2, 0.25) is 0 Å². The van der Waals surface area contributed by atoms with Gasteiger partial charge in [-0.15, -0.1) is 0 Å². The van der Waals surface area contributed by atoms with Gasteiger partial charge in [-0.3, -0.25) is 0 Å². The summed E-state index contributed by atoms with van der Waals surface area (Å²) in [6.45, 7) is 2.17. The zero-order chi connectivity index (χ0) is 9.26. The number of hydrogen-bond donors (Lipinski definition) is 1. The van der Waals surface area contributed by atoms with E-state index in [1.807, 2.05) is 12.1 Å². The molecule has 1 heteroatoms. The van der Waals surface area contributed by atoms with Crippen molar-refractivity contribution in [2.24, 2.45) is 0 Å². The maximum Gasteiger partial charge on any atom is 0.0320 e. The third kappa shape index (κ3) is 1.37. The lowest BCUT2D eigenvalue weighted by Gasteiger charge is -2.04.